The van der Waals surface area contributed by atoms with Gasteiger partial charge < -0.3 is 19.4 Å². The van der Waals surface area contributed by atoms with Gasteiger partial charge in [0, 0.05) is 23.4 Å². The third-order valence-corrected chi connectivity index (χ3v) is 5.74. The fourth-order valence-corrected chi connectivity index (χ4v) is 3.78. The number of nitrogens with zero attached hydrogens (tertiary/aromatic N) is 3. The fourth-order valence-electron chi connectivity index (χ4n) is 2.97. The molecule has 1 unspecified atom stereocenters. The highest BCUT2D eigenvalue weighted by Crippen LogP contribution is 2.21. The summed E-state index contributed by atoms with van der Waals surface area (Å²) in [6.07, 6.45) is 0.989. The Morgan fingerprint density at radius 2 is 1.88 bits per heavy atom. The van der Waals surface area contributed by atoms with Crippen molar-refractivity contribution in [2.75, 3.05) is 32.9 Å². The van der Waals surface area contributed by atoms with Crippen LogP contribution in [0.15, 0.2) is 59.0 Å². The highest BCUT2D eigenvalue weighted by molar-refractivity contribution is 7.98. The number of nitrogens with one attached hydrogen (secondary N) is 1. The van der Waals surface area contributed by atoms with Gasteiger partial charge in [0.2, 0.25) is 11.8 Å². The molecule has 1 aromatic heterocycles. The molecule has 0 saturated heterocycles. The molecule has 7 nitrogen and oxygen atoms in total. The molecule has 1 atom stereocenters. The monoisotopic (exact) mass is 454 g/mol. The zero-order valence-corrected chi connectivity index (χ0v) is 19.6. The molecule has 0 spiro atoms. The molecule has 0 radical (unpaired) electrons. The van der Waals surface area contributed by atoms with Gasteiger partial charge in [0.05, 0.1) is 5.75 Å². The Morgan fingerprint density at radius 1 is 1.12 bits per heavy atom. The molecule has 1 N–H and O–H groups in total. The predicted molar refractivity (Wildman–Crippen MR) is 128 cm³/mol. The summed E-state index contributed by atoms with van der Waals surface area (Å²) < 4.78 is 11.7. The number of aromatic nitrogens is 2. The van der Waals surface area contributed by atoms with E-state index >= 15 is 0 Å². The van der Waals surface area contributed by atoms with Crippen molar-refractivity contribution in [3.63, 3.8) is 0 Å². The van der Waals surface area contributed by atoms with Crippen LogP contribution in [0.5, 0.6) is 5.75 Å². The quantitative estimate of drug-likeness (QED) is 0.412. The number of carbonyl (C=O) groups excluding carboxylic acids is 1. The SMILES string of the molecule is CC(CSCc1nnc(-c2ccc(C(=O)NCCCN(C)C)cc2)o1)Oc1ccccc1. The van der Waals surface area contributed by atoms with Crippen molar-refractivity contribution in [2.24, 2.45) is 0 Å². The fraction of sp³-hybridized carbons (Fsp3) is 0.375. The molecule has 1 heterocycles. The van der Waals surface area contributed by atoms with Crippen molar-refractivity contribution in [3.8, 4) is 17.2 Å². The van der Waals surface area contributed by atoms with Crippen LogP contribution < -0.4 is 10.1 Å². The number of ether oxygens (including phenoxy) is 1. The number of hydrogen-bond acceptors (Lipinski definition) is 7. The van der Waals surface area contributed by atoms with Gasteiger partial charge in [-0.25, -0.2) is 0 Å². The number of amides is 1. The number of rotatable bonds is 12. The van der Waals surface area contributed by atoms with E-state index in [2.05, 4.69) is 20.4 Å². The molecule has 8 heteroatoms. The van der Waals surface area contributed by atoms with Gasteiger partial charge in [-0.05, 0) is 70.4 Å². The van der Waals surface area contributed by atoms with Crippen molar-refractivity contribution in [1.29, 1.82) is 0 Å². The zero-order valence-electron chi connectivity index (χ0n) is 18.8. The summed E-state index contributed by atoms with van der Waals surface area (Å²) in [5, 5.41) is 11.2. The minimum atomic E-state index is -0.0789. The first-order valence-corrected chi connectivity index (χ1v) is 11.8. The third kappa shape index (κ3) is 7.69. The van der Waals surface area contributed by atoms with E-state index in [1.54, 1.807) is 23.9 Å². The lowest BCUT2D eigenvalue weighted by atomic mass is 10.1. The summed E-state index contributed by atoms with van der Waals surface area (Å²) in [5.41, 5.74) is 1.40. The Morgan fingerprint density at radius 3 is 2.59 bits per heavy atom. The molecule has 170 valence electrons. The van der Waals surface area contributed by atoms with Gasteiger partial charge in [-0.2, -0.15) is 0 Å². The Hall–Kier alpha value is -2.84. The van der Waals surface area contributed by atoms with Gasteiger partial charge in [0.15, 0.2) is 0 Å². The molecule has 0 saturated carbocycles. The first-order valence-electron chi connectivity index (χ1n) is 10.7. The first kappa shape index (κ1) is 23.8. The average Bonchev–Trinajstić information content (AvgIpc) is 3.26. The maximum atomic E-state index is 12.2. The summed E-state index contributed by atoms with van der Waals surface area (Å²) in [7, 11) is 4.03. The lowest BCUT2D eigenvalue weighted by molar-refractivity contribution is 0.0952. The van der Waals surface area contributed by atoms with E-state index in [9.17, 15) is 4.79 Å². The Labute approximate surface area is 193 Å². The maximum Gasteiger partial charge on any atom is 0.251 e. The van der Waals surface area contributed by atoms with E-state index in [-0.39, 0.29) is 12.0 Å². The van der Waals surface area contributed by atoms with E-state index in [1.807, 2.05) is 63.5 Å². The molecule has 3 aromatic rings. The second-order valence-corrected chi connectivity index (χ2v) is 8.78. The standard InChI is InChI=1S/C24H30N4O3S/c1-18(30-21-8-5-4-6-9-21)16-32-17-22-26-27-24(31-22)20-12-10-19(11-13-20)23(29)25-14-7-15-28(2)3/h4-6,8-13,18H,7,14-17H2,1-3H3,(H,25,29). The average molecular weight is 455 g/mol. The van der Waals surface area contributed by atoms with Crippen molar-refractivity contribution in [2.45, 2.75) is 25.2 Å². The third-order valence-electron chi connectivity index (χ3n) is 4.59. The lowest BCUT2D eigenvalue weighted by Crippen LogP contribution is -2.27. The Kier molecular flexibility index (Phi) is 9.13. The second-order valence-electron chi connectivity index (χ2n) is 7.75. The molecule has 0 aliphatic carbocycles. The highest BCUT2D eigenvalue weighted by atomic mass is 32.2. The Balaban J connectivity index is 1.44. The van der Waals surface area contributed by atoms with Crippen LogP contribution in [0, 0.1) is 0 Å². The van der Waals surface area contributed by atoms with Crippen LogP contribution in [0.1, 0.15) is 29.6 Å². The lowest BCUT2D eigenvalue weighted by Gasteiger charge is -2.13. The summed E-state index contributed by atoms with van der Waals surface area (Å²) in [5.74, 6) is 3.23. The Bertz CT molecular complexity index is 961. The van der Waals surface area contributed by atoms with Crippen LogP contribution >= 0.6 is 11.8 Å². The number of hydrogen-bond donors (Lipinski definition) is 1. The summed E-state index contributed by atoms with van der Waals surface area (Å²) >= 11 is 1.68. The number of carbonyl (C=O) groups is 1. The van der Waals surface area contributed by atoms with Crippen molar-refractivity contribution < 1.29 is 13.9 Å². The van der Waals surface area contributed by atoms with Crippen molar-refractivity contribution in [1.82, 2.24) is 20.4 Å². The molecular weight excluding hydrogens is 424 g/mol. The second kappa shape index (κ2) is 12.3. The van der Waals surface area contributed by atoms with E-state index in [0.717, 1.165) is 30.0 Å². The minimum Gasteiger partial charge on any atom is -0.490 e. The van der Waals surface area contributed by atoms with Crippen LogP contribution in [0.4, 0.5) is 0 Å². The van der Waals surface area contributed by atoms with E-state index in [0.29, 0.717) is 29.6 Å². The molecule has 0 fully saturated rings. The van der Waals surface area contributed by atoms with Crippen LogP contribution in [-0.4, -0.2) is 60.0 Å². The van der Waals surface area contributed by atoms with Crippen molar-refractivity contribution >= 4 is 17.7 Å². The molecule has 32 heavy (non-hydrogen) atoms. The van der Waals surface area contributed by atoms with Crippen LogP contribution in [0.2, 0.25) is 0 Å². The molecule has 0 aliphatic heterocycles. The molecule has 1 amide bonds. The summed E-state index contributed by atoms with van der Waals surface area (Å²) in [4.78, 5) is 14.3. The molecule has 0 aliphatic rings. The van der Waals surface area contributed by atoms with E-state index in [1.165, 1.54) is 0 Å². The smallest absolute Gasteiger partial charge is 0.251 e. The first-order chi connectivity index (χ1) is 15.5. The largest absolute Gasteiger partial charge is 0.490 e. The molecule has 0 bridgehead atoms. The van der Waals surface area contributed by atoms with Gasteiger partial charge in [0.1, 0.15) is 11.9 Å². The van der Waals surface area contributed by atoms with E-state index < -0.39 is 0 Å². The number of benzene rings is 2. The normalized spacial score (nSPS) is 12.0. The summed E-state index contributed by atoms with van der Waals surface area (Å²) in [6.45, 7) is 3.63. The maximum absolute atomic E-state index is 12.2. The zero-order chi connectivity index (χ0) is 22.8. The van der Waals surface area contributed by atoms with Crippen LogP contribution in [0.3, 0.4) is 0 Å². The topological polar surface area (TPSA) is 80.5 Å². The molecule has 2 aromatic carbocycles. The van der Waals surface area contributed by atoms with Gasteiger partial charge in [-0.15, -0.1) is 22.0 Å². The predicted octanol–water partition coefficient (Wildman–Crippen LogP) is 4.12. The van der Waals surface area contributed by atoms with E-state index in [4.69, 9.17) is 9.15 Å². The van der Waals surface area contributed by atoms with Crippen molar-refractivity contribution in [3.05, 3.63) is 66.1 Å². The summed E-state index contributed by atoms with van der Waals surface area (Å²) in [6, 6.07) is 17.0. The number of para-hydroxylation sites is 1. The van der Waals surface area contributed by atoms with Gasteiger partial charge >= 0.3 is 0 Å². The van der Waals surface area contributed by atoms with Crippen LogP contribution in [-0.2, 0) is 5.75 Å². The van der Waals surface area contributed by atoms with Gasteiger partial charge in [-0.1, -0.05) is 18.2 Å². The number of thioether (sulfide) groups is 1. The molecule has 3 rings (SSSR count). The van der Waals surface area contributed by atoms with Gasteiger partial charge in [-0.3, -0.25) is 4.79 Å². The minimum absolute atomic E-state index is 0.0753. The molecular formula is C24H30N4O3S. The van der Waals surface area contributed by atoms with Gasteiger partial charge in [0.25, 0.3) is 5.91 Å². The van der Waals surface area contributed by atoms with Crippen LogP contribution in [0.25, 0.3) is 11.5 Å². The highest BCUT2D eigenvalue weighted by Gasteiger charge is 2.12.